The average molecular weight is 363 g/mol. The van der Waals surface area contributed by atoms with Gasteiger partial charge in [0, 0.05) is 41.8 Å². The van der Waals surface area contributed by atoms with E-state index in [0.29, 0.717) is 17.0 Å². The Balaban J connectivity index is 0.00000176. The summed E-state index contributed by atoms with van der Waals surface area (Å²) in [5.41, 5.74) is 0.536. The maximum absolute atomic E-state index is 12.2. The van der Waals surface area contributed by atoms with Crippen molar-refractivity contribution in [3.63, 3.8) is 0 Å². The maximum Gasteiger partial charge on any atom is 0.271 e. The Morgan fingerprint density at radius 1 is 1.50 bits per heavy atom. The SMILES string of the molecule is Cl.O=C(NCC1CSCCS1)c1ccn(C2CCCNC2)n1. The van der Waals surface area contributed by atoms with Crippen LogP contribution in [-0.4, -0.2) is 57.8 Å². The second-order valence-corrected chi connectivity index (χ2v) is 8.02. The largest absolute Gasteiger partial charge is 0.349 e. The van der Waals surface area contributed by atoms with Gasteiger partial charge in [-0.25, -0.2) is 0 Å². The molecule has 1 amide bonds. The van der Waals surface area contributed by atoms with E-state index in [1.807, 2.05) is 40.5 Å². The van der Waals surface area contributed by atoms with Gasteiger partial charge in [-0.15, -0.1) is 12.4 Å². The molecule has 8 heteroatoms. The number of piperidine rings is 1. The predicted molar refractivity (Wildman–Crippen MR) is 96.5 cm³/mol. The van der Waals surface area contributed by atoms with Crippen molar-refractivity contribution < 1.29 is 4.79 Å². The molecule has 0 aromatic carbocycles. The van der Waals surface area contributed by atoms with Crippen LogP contribution in [0.1, 0.15) is 29.4 Å². The van der Waals surface area contributed by atoms with E-state index in [9.17, 15) is 4.79 Å². The van der Waals surface area contributed by atoms with Gasteiger partial charge in [0.2, 0.25) is 0 Å². The predicted octanol–water partition coefficient (Wildman–Crippen LogP) is 1.81. The fourth-order valence-corrected chi connectivity index (χ4v) is 5.29. The van der Waals surface area contributed by atoms with E-state index < -0.39 is 0 Å². The Labute approximate surface area is 146 Å². The number of carbonyl (C=O) groups excluding carboxylic acids is 1. The first-order valence-corrected chi connectivity index (χ1v) is 9.76. The second-order valence-electron chi connectivity index (χ2n) is 5.46. The minimum absolute atomic E-state index is 0. The molecule has 0 saturated carbocycles. The molecule has 2 aliphatic heterocycles. The second kappa shape index (κ2) is 9.05. The lowest BCUT2D eigenvalue weighted by Crippen LogP contribution is -2.34. The molecule has 124 valence electrons. The lowest BCUT2D eigenvalue weighted by Gasteiger charge is -2.23. The molecule has 3 heterocycles. The normalized spacial score (nSPS) is 25.3. The van der Waals surface area contributed by atoms with Crippen molar-refractivity contribution in [1.29, 1.82) is 0 Å². The molecule has 2 N–H and O–H groups in total. The van der Waals surface area contributed by atoms with Crippen molar-refractivity contribution in [2.45, 2.75) is 24.1 Å². The van der Waals surface area contributed by atoms with Crippen molar-refractivity contribution in [1.82, 2.24) is 20.4 Å². The number of carbonyl (C=O) groups is 1. The highest BCUT2D eigenvalue weighted by Crippen LogP contribution is 2.23. The molecule has 1 aromatic rings. The number of amides is 1. The van der Waals surface area contributed by atoms with Gasteiger partial charge in [-0.2, -0.15) is 28.6 Å². The average Bonchev–Trinajstić information content (AvgIpc) is 3.04. The Morgan fingerprint density at radius 2 is 2.41 bits per heavy atom. The van der Waals surface area contributed by atoms with Crippen LogP contribution in [0.2, 0.25) is 0 Å². The van der Waals surface area contributed by atoms with Crippen LogP contribution in [0, 0.1) is 0 Å². The summed E-state index contributed by atoms with van der Waals surface area (Å²) in [5.74, 6) is 3.50. The molecular weight excluding hydrogens is 340 g/mol. The standard InChI is InChI=1S/C14H22N4OS2.ClH/c19-14(16-9-12-10-20-6-7-21-12)13-3-5-18(17-13)11-2-1-4-15-8-11;/h3,5,11-12,15H,1-2,4,6-10H2,(H,16,19);1H. The zero-order chi connectivity index (χ0) is 14.5. The zero-order valence-corrected chi connectivity index (χ0v) is 14.9. The molecule has 3 rings (SSSR count). The lowest BCUT2D eigenvalue weighted by atomic mass is 10.1. The van der Waals surface area contributed by atoms with Crippen LogP contribution >= 0.6 is 35.9 Å². The zero-order valence-electron chi connectivity index (χ0n) is 12.5. The first-order valence-electron chi connectivity index (χ1n) is 7.56. The molecule has 2 saturated heterocycles. The Bertz CT molecular complexity index is 473. The fraction of sp³-hybridized carbons (Fsp3) is 0.714. The summed E-state index contributed by atoms with van der Waals surface area (Å²) in [4.78, 5) is 12.2. The van der Waals surface area contributed by atoms with Crippen molar-refractivity contribution in [2.75, 3.05) is 36.9 Å². The highest BCUT2D eigenvalue weighted by atomic mass is 35.5. The molecule has 0 aliphatic carbocycles. The van der Waals surface area contributed by atoms with Crippen LogP contribution in [0.4, 0.5) is 0 Å². The fourth-order valence-electron chi connectivity index (χ4n) is 2.67. The van der Waals surface area contributed by atoms with Gasteiger partial charge in [0.1, 0.15) is 5.69 Å². The summed E-state index contributed by atoms with van der Waals surface area (Å²) in [7, 11) is 0. The third-order valence-electron chi connectivity index (χ3n) is 3.86. The van der Waals surface area contributed by atoms with Crippen molar-refractivity contribution in [2.24, 2.45) is 0 Å². The number of thioether (sulfide) groups is 2. The van der Waals surface area contributed by atoms with Crippen LogP contribution in [0.5, 0.6) is 0 Å². The first kappa shape index (κ1) is 18.0. The van der Waals surface area contributed by atoms with Crippen LogP contribution in [-0.2, 0) is 0 Å². The van der Waals surface area contributed by atoms with E-state index in [1.165, 1.54) is 17.9 Å². The quantitative estimate of drug-likeness (QED) is 0.855. The molecule has 0 spiro atoms. The molecule has 2 unspecified atom stereocenters. The molecule has 2 fully saturated rings. The highest BCUT2D eigenvalue weighted by Gasteiger charge is 2.19. The minimum atomic E-state index is -0.0475. The van der Waals surface area contributed by atoms with Crippen LogP contribution in [0.25, 0.3) is 0 Å². The molecule has 1 aromatic heterocycles. The summed E-state index contributed by atoms with van der Waals surface area (Å²) in [6.45, 7) is 2.77. The topological polar surface area (TPSA) is 59.0 Å². The Morgan fingerprint density at radius 3 is 3.14 bits per heavy atom. The summed E-state index contributed by atoms with van der Waals surface area (Å²) in [5, 5.41) is 11.4. The number of hydrogen-bond acceptors (Lipinski definition) is 5. The number of hydrogen-bond donors (Lipinski definition) is 2. The van der Waals surface area contributed by atoms with E-state index in [1.54, 1.807) is 0 Å². The van der Waals surface area contributed by atoms with Gasteiger partial charge in [0.05, 0.1) is 6.04 Å². The van der Waals surface area contributed by atoms with Crippen LogP contribution in [0.15, 0.2) is 12.3 Å². The number of nitrogens with zero attached hydrogens (tertiary/aromatic N) is 2. The van der Waals surface area contributed by atoms with E-state index in [-0.39, 0.29) is 18.3 Å². The van der Waals surface area contributed by atoms with Gasteiger partial charge in [-0.1, -0.05) is 0 Å². The Kier molecular flexibility index (Phi) is 7.40. The van der Waals surface area contributed by atoms with Gasteiger partial charge in [0.25, 0.3) is 5.91 Å². The number of halogens is 1. The lowest BCUT2D eigenvalue weighted by molar-refractivity contribution is 0.0948. The van der Waals surface area contributed by atoms with Gasteiger partial charge in [0.15, 0.2) is 0 Å². The van der Waals surface area contributed by atoms with Gasteiger partial charge >= 0.3 is 0 Å². The molecule has 2 aliphatic rings. The van der Waals surface area contributed by atoms with Crippen LogP contribution < -0.4 is 10.6 Å². The van der Waals surface area contributed by atoms with Crippen molar-refractivity contribution >= 4 is 41.8 Å². The third kappa shape index (κ3) is 4.81. The maximum atomic E-state index is 12.2. The van der Waals surface area contributed by atoms with E-state index in [2.05, 4.69) is 15.7 Å². The summed E-state index contributed by atoms with van der Waals surface area (Å²) >= 11 is 3.93. The molecule has 0 bridgehead atoms. The van der Waals surface area contributed by atoms with Gasteiger partial charge < -0.3 is 10.6 Å². The summed E-state index contributed by atoms with van der Waals surface area (Å²) in [6.07, 6.45) is 4.23. The van der Waals surface area contributed by atoms with Gasteiger partial charge in [-0.3, -0.25) is 9.48 Å². The molecule has 2 atom stereocenters. The monoisotopic (exact) mass is 362 g/mol. The smallest absolute Gasteiger partial charge is 0.271 e. The van der Waals surface area contributed by atoms with Gasteiger partial charge in [-0.05, 0) is 25.5 Å². The van der Waals surface area contributed by atoms with E-state index >= 15 is 0 Å². The number of aromatic nitrogens is 2. The Hall–Kier alpha value is -0.370. The molecular formula is C14H23ClN4OS2. The number of rotatable bonds is 4. The van der Waals surface area contributed by atoms with Crippen molar-refractivity contribution in [3.05, 3.63) is 18.0 Å². The summed E-state index contributed by atoms with van der Waals surface area (Å²) < 4.78 is 1.94. The molecule has 0 radical (unpaired) electrons. The van der Waals surface area contributed by atoms with E-state index in [0.717, 1.165) is 31.8 Å². The number of nitrogens with one attached hydrogen (secondary N) is 2. The summed E-state index contributed by atoms with van der Waals surface area (Å²) in [6, 6.07) is 2.21. The van der Waals surface area contributed by atoms with Crippen LogP contribution in [0.3, 0.4) is 0 Å². The molecule has 22 heavy (non-hydrogen) atoms. The minimum Gasteiger partial charge on any atom is -0.349 e. The third-order valence-corrected chi connectivity index (χ3v) is 6.71. The highest BCUT2D eigenvalue weighted by molar-refractivity contribution is 8.06. The molecule has 5 nitrogen and oxygen atoms in total. The van der Waals surface area contributed by atoms with E-state index in [4.69, 9.17) is 0 Å². The first-order chi connectivity index (χ1) is 10.3. The van der Waals surface area contributed by atoms with Crippen molar-refractivity contribution in [3.8, 4) is 0 Å².